The van der Waals surface area contributed by atoms with Crippen molar-refractivity contribution in [3.05, 3.63) is 12.7 Å². The number of esters is 1. The van der Waals surface area contributed by atoms with Gasteiger partial charge in [0.15, 0.2) is 0 Å². The molecule has 0 amide bonds. The monoisotopic (exact) mass is 170 g/mol. The second-order valence-electron chi connectivity index (χ2n) is 3.06. The van der Waals surface area contributed by atoms with E-state index in [9.17, 15) is 4.79 Å². The van der Waals surface area contributed by atoms with Gasteiger partial charge in [-0.3, -0.25) is 4.79 Å². The fourth-order valence-electron chi connectivity index (χ4n) is 1.48. The van der Waals surface area contributed by atoms with Gasteiger partial charge in [0.1, 0.15) is 0 Å². The Morgan fingerprint density at radius 1 is 1.83 bits per heavy atom. The molecule has 3 heteroatoms. The number of aliphatic hydroxyl groups is 1. The zero-order chi connectivity index (χ0) is 8.97. The predicted octanol–water partition coefficient (Wildman–Crippen LogP) is 0.734. The molecule has 1 saturated heterocycles. The molecule has 0 bridgehead atoms. The van der Waals surface area contributed by atoms with Crippen LogP contribution in [-0.2, 0) is 9.53 Å². The SMILES string of the molecule is C=CC(CO)C1CCOC(=O)C1. The van der Waals surface area contributed by atoms with Crippen LogP contribution in [0.5, 0.6) is 0 Å². The zero-order valence-electron chi connectivity index (χ0n) is 7.03. The number of hydrogen-bond acceptors (Lipinski definition) is 3. The minimum Gasteiger partial charge on any atom is -0.466 e. The first-order valence-corrected chi connectivity index (χ1v) is 4.17. The number of ether oxygens (including phenoxy) is 1. The number of cyclic esters (lactones) is 1. The lowest BCUT2D eigenvalue weighted by atomic mass is 9.86. The van der Waals surface area contributed by atoms with Gasteiger partial charge in [0, 0.05) is 18.9 Å². The van der Waals surface area contributed by atoms with Crippen LogP contribution in [0.4, 0.5) is 0 Å². The number of aliphatic hydroxyl groups excluding tert-OH is 1. The van der Waals surface area contributed by atoms with E-state index in [4.69, 9.17) is 9.84 Å². The van der Waals surface area contributed by atoms with Gasteiger partial charge in [-0.05, 0) is 12.3 Å². The van der Waals surface area contributed by atoms with Crippen molar-refractivity contribution in [1.29, 1.82) is 0 Å². The Morgan fingerprint density at radius 3 is 3.08 bits per heavy atom. The topological polar surface area (TPSA) is 46.5 Å². The molecular weight excluding hydrogens is 156 g/mol. The van der Waals surface area contributed by atoms with E-state index in [1.165, 1.54) is 0 Å². The minimum atomic E-state index is -0.161. The molecule has 1 aliphatic rings. The summed E-state index contributed by atoms with van der Waals surface area (Å²) in [4.78, 5) is 10.9. The minimum absolute atomic E-state index is 0.0397. The normalized spacial score (nSPS) is 26.1. The highest BCUT2D eigenvalue weighted by Crippen LogP contribution is 2.24. The van der Waals surface area contributed by atoms with Crippen LogP contribution in [-0.4, -0.2) is 24.3 Å². The predicted molar refractivity (Wildman–Crippen MR) is 44.5 cm³/mol. The van der Waals surface area contributed by atoms with Crippen LogP contribution in [0.3, 0.4) is 0 Å². The lowest BCUT2D eigenvalue weighted by Crippen LogP contribution is -2.27. The second kappa shape index (κ2) is 4.26. The Balaban J connectivity index is 2.48. The van der Waals surface area contributed by atoms with E-state index in [1.54, 1.807) is 6.08 Å². The van der Waals surface area contributed by atoms with Crippen LogP contribution in [0.15, 0.2) is 12.7 Å². The summed E-state index contributed by atoms with van der Waals surface area (Å²) >= 11 is 0. The molecule has 0 saturated carbocycles. The molecule has 0 aromatic rings. The molecule has 68 valence electrons. The van der Waals surface area contributed by atoms with E-state index in [1.807, 2.05) is 0 Å². The van der Waals surface area contributed by atoms with Gasteiger partial charge >= 0.3 is 5.97 Å². The average molecular weight is 170 g/mol. The molecule has 0 aromatic heterocycles. The summed E-state index contributed by atoms with van der Waals surface area (Å²) in [7, 11) is 0. The maximum atomic E-state index is 10.9. The number of carbonyl (C=O) groups excluding carboxylic acids is 1. The first-order valence-electron chi connectivity index (χ1n) is 4.17. The van der Waals surface area contributed by atoms with Crippen LogP contribution >= 0.6 is 0 Å². The smallest absolute Gasteiger partial charge is 0.306 e. The van der Waals surface area contributed by atoms with Gasteiger partial charge in [0.2, 0.25) is 0 Å². The molecule has 2 unspecified atom stereocenters. The molecule has 3 nitrogen and oxygen atoms in total. The maximum absolute atomic E-state index is 10.9. The largest absolute Gasteiger partial charge is 0.466 e. The highest BCUT2D eigenvalue weighted by Gasteiger charge is 2.25. The molecular formula is C9H14O3. The molecule has 0 aliphatic carbocycles. The lowest BCUT2D eigenvalue weighted by Gasteiger charge is -2.25. The van der Waals surface area contributed by atoms with Gasteiger partial charge in [0.25, 0.3) is 0 Å². The summed E-state index contributed by atoms with van der Waals surface area (Å²) in [5, 5.41) is 8.94. The molecule has 1 heterocycles. The Kier molecular flexibility index (Phi) is 3.29. The molecule has 1 N–H and O–H groups in total. The number of rotatable bonds is 3. The Morgan fingerprint density at radius 2 is 2.58 bits per heavy atom. The fraction of sp³-hybridized carbons (Fsp3) is 0.667. The fourth-order valence-corrected chi connectivity index (χ4v) is 1.48. The quantitative estimate of drug-likeness (QED) is 0.502. The van der Waals surface area contributed by atoms with Crippen molar-refractivity contribution < 1.29 is 14.6 Å². The first kappa shape index (κ1) is 9.26. The highest BCUT2D eigenvalue weighted by atomic mass is 16.5. The van der Waals surface area contributed by atoms with Crippen LogP contribution < -0.4 is 0 Å². The lowest BCUT2D eigenvalue weighted by molar-refractivity contribution is -0.150. The van der Waals surface area contributed by atoms with E-state index in [2.05, 4.69) is 6.58 Å². The van der Waals surface area contributed by atoms with Crippen molar-refractivity contribution >= 4 is 5.97 Å². The summed E-state index contributed by atoms with van der Waals surface area (Å²) in [5.41, 5.74) is 0. The van der Waals surface area contributed by atoms with E-state index >= 15 is 0 Å². The second-order valence-corrected chi connectivity index (χ2v) is 3.06. The van der Waals surface area contributed by atoms with Crippen molar-refractivity contribution in [3.63, 3.8) is 0 Å². The molecule has 0 aromatic carbocycles. The Labute approximate surface area is 72.0 Å². The van der Waals surface area contributed by atoms with E-state index in [0.717, 1.165) is 6.42 Å². The molecule has 12 heavy (non-hydrogen) atoms. The van der Waals surface area contributed by atoms with E-state index in [0.29, 0.717) is 13.0 Å². The molecule has 1 aliphatic heterocycles. The summed E-state index contributed by atoms with van der Waals surface area (Å²) < 4.78 is 4.79. The third-order valence-corrected chi connectivity index (χ3v) is 2.30. The van der Waals surface area contributed by atoms with Gasteiger partial charge in [-0.15, -0.1) is 6.58 Å². The van der Waals surface area contributed by atoms with Crippen LogP contribution in [0, 0.1) is 11.8 Å². The maximum Gasteiger partial charge on any atom is 0.306 e. The summed E-state index contributed by atoms with van der Waals surface area (Å²) in [6.45, 7) is 4.17. The Bertz CT molecular complexity index is 177. The summed E-state index contributed by atoms with van der Waals surface area (Å²) in [6, 6.07) is 0. The van der Waals surface area contributed by atoms with E-state index < -0.39 is 0 Å². The molecule has 0 radical (unpaired) electrons. The van der Waals surface area contributed by atoms with Crippen molar-refractivity contribution in [3.8, 4) is 0 Å². The highest BCUT2D eigenvalue weighted by molar-refractivity contribution is 5.70. The van der Waals surface area contributed by atoms with Crippen molar-refractivity contribution in [2.45, 2.75) is 12.8 Å². The van der Waals surface area contributed by atoms with Gasteiger partial charge < -0.3 is 9.84 Å². The van der Waals surface area contributed by atoms with Crippen LogP contribution in [0.1, 0.15) is 12.8 Å². The van der Waals surface area contributed by atoms with Gasteiger partial charge in [-0.25, -0.2) is 0 Å². The zero-order valence-corrected chi connectivity index (χ0v) is 7.03. The average Bonchev–Trinajstić information content (AvgIpc) is 2.07. The molecule has 2 atom stereocenters. The van der Waals surface area contributed by atoms with Crippen LogP contribution in [0.2, 0.25) is 0 Å². The van der Waals surface area contributed by atoms with Gasteiger partial charge in [-0.1, -0.05) is 6.08 Å². The molecule has 1 rings (SSSR count). The van der Waals surface area contributed by atoms with E-state index in [-0.39, 0.29) is 24.4 Å². The summed E-state index contributed by atoms with van der Waals surface area (Å²) in [6.07, 6.45) is 2.96. The number of hydrogen-bond donors (Lipinski definition) is 1. The van der Waals surface area contributed by atoms with Crippen molar-refractivity contribution in [1.82, 2.24) is 0 Å². The van der Waals surface area contributed by atoms with Gasteiger partial charge in [-0.2, -0.15) is 0 Å². The van der Waals surface area contributed by atoms with Crippen LogP contribution in [0.25, 0.3) is 0 Å². The third-order valence-electron chi connectivity index (χ3n) is 2.30. The Hall–Kier alpha value is -0.830. The third kappa shape index (κ3) is 2.08. The standard InChI is InChI=1S/C9H14O3/c1-2-7(6-10)8-3-4-12-9(11)5-8/h2,7-8,10H,1,3-6H2. The summed E-state index contributed by atoms with van der Waals surface area (Å²) in [5.74, 6) is 0.0955. The van der Waals surface area contributed by atoms with Gasteiger partial charge in [0.05, 0.1) is 6.61 Å². The molecule has 0 spiro atoms. The first-order chi connectivity index (χ1) is 5.77. The number of carbonyl (C=O) groups is 1. The molecule has 1 fully saturated rings. The van der Waals surface area contributed by atoms with Crippen molar-refractivity contribution in [2.24, 2.45) is 11.8 Å². The van der Waals surface area contributed by atoms with Crippen molar-refractivity contribution in [2.75, 3.05) is 13.2 Å².